The number of rotatable bonds is 7. The fourth-order valence-corrected chi connectivity index (χ4v) is 3.96. The van der Waals surface area contributed by atoms with Gasteiger partial charge in [-0.25, -0.2) is 0 Å². The van der Waals surface area contributed by atoms with Crippen molar-refractivity contribution in [2.45, 2.75) is 13.8 Å². The van der Waals surface area contributed by atoms with Gasteiger partial charge in [0.05, 0.1) is 11.1 Å². The van der Waals surface area contributed by atoms with Crippen molar-refractivity contribution in [1.82, 2.24) is 16.2 Å². The molecule has 0 fully saturated rings. The normalized spacial score (nSPS) is 10.6. The van der Waals surface area contributed by atoms with E-state index in [0.29, 0.717) is 29.6 Å². The van der Waals surface area contributed by atoms with Gasteiger partial charge in [0.25, 0.3) is 11.8 Å². The molecule has 0 unspecified atom stereocenters. The zero-order valence-corrected chi connectivity index (χ0v) is 22.5. The predicted octanol–water partition coefficient (Wildman–Crippen LogP) is 5.11. The van der Waals surface area contributed by atoms with Gasteiger partial charge >= 0.3 is 0 Å². The number of nitrogens with one attached hydrogen (secondary N) is 3. The summed E-state index contributed by atoms with van der Waals surface area (Å²) in [6.07, 6.45) is 0. The number of hydrogen-bond acceptors (Lipinski definition) is 5. The van der Waals surface area contributed by atoms with E-state index in [9.17, 15) is 9.59 Å². The third-order valence-electron chi connectivity index (χ3n) is 4.48. The molecule has 0 saturated heterocycles. The lowest BCUT2D eigenvalue weighted by atomic mass is 10.1. The second-order valence-electron chi connectivity index (χ2n) is 7.72. The summed E-state index contributed by atoms with van der Waals surface area (Å²) >= 11 is 12.0. The van der Waals surface area contributed by atoms with Gasteiger partial charge < -0.3 is 9.47 Å². The number of carbonyl (C=O) groups excluding carboxylic acids is 2. The molecule has 3 aromatic carbocycles. The third-order valence-corrected chi connectivity index (χ3v) is 6.00. The summed E-state index contributed by atoms with van der Waals surface area (Å²) in [5.41, 5.74) is 5.30. The SMILES string of the molecule is CC(C)COc1ccc(C(=O)NC(=S)NNC(=O)COc2ccc3cc(Br)ccc3c2Br)cc1. The van der Waals surface area contributed by atoms with Gasteiger partial charge in [-0.1, -0.05) is 41.9 Å². The first kappa shape index (κ1) is 25.9. The van der Waals surface area contributed by atoms with Gasteiger partial charge in [0.15, 0.2) is 11.7 Å². The monoisotopic (exact) mass is 607 g/mol. The molecule has 3 N–H and O–H groups in total. The average molecular weight is 609 g/mol. The number of fused-ring (bicyclic) bond motifs is 1. The number of thiocarbonyl (C=S) groups is 1. The van der Waals surface area contributed by atoms with E-state index in [1.54, 1.807) is 30.3 Å². The number of hydrogen-bond donors (Lipinski definition) is 3. The van der Waals surface area contributed by atoms with Crippen LogP contribution in [0.15, 0.2) is 63.5 Å². The Hall–Kier alpha value is -2.69. The van der Waals surface area contributed by atoms with Crippen LogP contribution in [0, 0.1) is 5.92 Å². The molecule has 0 aliphatic carbocycles. The Morgan fingerprint density at radius 2 is 1.71 bits per heavy atom. The molecule has 0 bridgehead atoms. The average Bonchev–Trinajstić information content (AvgIpc) is 2.81. The highest BCUT2D eigenvalue weighted by atomic mass is 79.9. The Morgan fingerprint density at radius 1 is 0.971 bits per heavy atom. The number of hydrazine groups is 1. The van der Waals surface area contributed by atoms with Gasteiger partial charge in [0, 0.05) is 10.0 Å². The number of amides is 2. The lowest BCUT2D eigenvalue weighted by Gasteiger charge is -2.13. The first-order valence-electron chi connectivity index (χ1n) is 10.4. The minimum Gasteiger partial charge on any atom is -0.493 e. The van der Waals surface area contributed by atoms with Crippen LogP contribution in [-0.2, 0) is 4.79 Å². The molecule has 10 heteroatoms. The van der Waals surface area contributed by atoms with Gasteiger partial charge in [0.1, 0.15) is 11.5 Å². The summed E-state index contributed by atoms with van der Waals surface area (Å²) in [5.74, 6) is 0.741. The first-order valence-corrected chi connectivity index (χ1v) is 12.4. The molecule has 0 heterocycles. The predicted molar refractivity (Wildman–Crippen MR) is 143 cm³/mol. The maximum atomic E-state index is 12.3. The van der Waals surface area contributed by atoms with Gasteiger partial charge in [-0.2, -0.15) is 0 Å². The van der Waals surface area contributed by atoms with E-state index in [1.165, 1.54) is 0 Å². The van der Waals surface area contributed by atoms with Crippen LogP contribution in [0.5, 0.6) is 11.5 Å². The zero-order chi connectivity index (χ0) is 24.7. The summed E-state index contributed by atoms with van der Waals surface area (Å²) in [6.45, 7) is 4.46. The topological polar surface area (TPSA) is 88.7 Å². The zero-order valence-electron chi connectivity index (χ0n) is 18.5. The smallest absolute Gasteiger partial charge is 0.276 e. The number of carbonyl (C=O) groups is 2. The molecule has 0 aromatic heterocycles. The maximum Gasteiger partial charge on any atom is 0.276 e. The van der Waals surface area contributed by atoms with Crippen LogP contribution in [0.2, 0.25) is 0 Å². The maximum absolute atomic E-state index is 12.3. The highest BCUT2D eigenvalue weighted by Crippen LogP contribution is 2.34. The molecular weight excluding hydrogens is 586 g/mol. The molecule has 2 amide bonds. The second kappa shape index (κ2) is 12.1. The quantitative estimate of drug-likeness (QED) is 0.255. The van der Waals surface area contributed by atoms with Crippen molar-refractivity contribution in [3.63, 3.8) is 0 Å². The Kier molecular flexibility index (Phi) is 9.26. The lowest BCUT2D eigenvalue weighted by molar-refractivity contribution is -0.123. The lowest BCUT2D eigenvalue weighted by Crippen LogP contribution is -2.49. The Labute approximate surface area is 219 Å². The molecule has 0 aliphatic rings. The first-order chi connectivity index (χ1) is 16.2. The van der Waals surface area contributed by atoms with Gasteiger partial charge in [0.2, 0.25) is 0 Å². The Morgan fingerprint density at radius 3 is 2.41 bits per heavy atom. The van der Waals surface area contributed by atoms with E-state index >= 15 is 0 Å². The van der Waals surface area contributed by atoms with E-state index in [1.807, 2.05) is 24.3 Å². The van der Waals surface area contributed by atoms with Crippen molar-refractivity contribution in [2.24, 2.45) is 5.92 Å². The standard InChI is InChI=1S/C24H23Br2N3O4S/c1-14(2)12-32-18-7-3-15(4-8-18)23(31)27-24(34)29-28-21(30)13-33-20-10-5-16-11-17(25)6-9-19(16)22(20)26/h3-11,14H,12-13H2,1-2H3,(H,28,30)(H2,27,29,31,34). The van der Waals surface area contributed by atoms with Crippen molar-refractivity contribution in [1.29, 1.82) is 0 Å². The summed E-state index contributed by atoms with van der Waals surface area (Å²) in [5, 5.41) is 4.44. The highest BCUT2D eigenvalue weighted by molar-refractivity contribution is 9.11. The molecule has 0 spiro atoms. The van der Waals surface area contributed by atoms with Gasteiger partial charge in [-0.3, -0.25) is 25.8 Å². The van der Waals surface area contributed by atoms with Crippen molar-refractivity contribution in [2.75, 3.05) is 13.2 Å². The number of benzene rings is 3. The summed E-state index contributed by atoms with van der Waals surface area (Å²) in [7, 11) is 0. The van der Waals surface area contributed by atoms with Crippen LogP contribution < -0.4 is 25.6 Å². The molecular formula is C24H23Br2N3O4S. The van der Waals surface area contributed by atoms with Crippen molar-refractivity contribution in [3.8, 4) is 11.5 Å². The number of ether oxygens (including phenoxy) is 2. The molecule has 178 valence electrons. The Bertz CT molecular complexity index is 1200. The molecule has 34 heavy (non-hydrogen) atoms. The molecule has 3 aromatic rings. The Balaban J connectivity index is 1.44. The molecule has 0 saturated carbocycles. The molecule has 0 radical (unpaired) electrons. The molecule has 0 atom stereocenters. The van der Waals surface area contributed by atoms with Crippen molar-refractivity contribution in [3.05, 3.63) is 69.1 Å². The fraction of sp³-hybridized carbons (Fsp3) is 0.208. The van der Waals surface area contributed by atoms with Gasteiger partial charge in [-0.15, -0.1) is 0 Å². The summed E-state index contributed by atoms with van der Waals surface area (Å²) < 4.78 is 12.9. The minimum atomic E-state index is -0.467. The van der Waals surface area contributed by atoms with Crippen LogP contribution in [0.3, 0.4) is 0 Å². The second-order valence-corrected chi connectivity index (χ2v) is 9.83. The van der Waals surface area contributed by atoms with Crippen molar-refractivity contribution >= 4 is 71.8 Å². The van der Waals surface area contributed by atoms with Crippen molar-refractivity contribution < 1.29 is 19.1 Å². The third kappa shape index (κ3) is 7.41. The van der Waals surface area contributed by atoms with E-state index in [-0.39, 0.29) is 11.7 Å². The van der Waals surface area contributed by atoms with Crippen LogP contribution in [0.25, 0.3) is 10.8 Å². The van der Waals surface area contributed by atoms with E-state index in [4.69, 9.17) is 21.7 Å². The van der Waals surface area contributed by atoms with E-state index in [0.717, 1.165) is 19.7 Å². The summed E-state index contributed by atoms with van der Waals surface area (Å²) in [6, 6.07) is 16.3. The highest BCUT2D eigenvalue weighted by Gasteiger charge is 2.11. The fourth-order valence-electron chi connectivity index (χ4n) is 2.83. The van der Waals surface area contributed by atoms with E-state index < -0.39 is 11.8 Å². The minimum absolute atomic E-state index is 0.0454. The van der Waals surface area contributed by atoms with Crippen LogP contribution >= 0.6 is 44.1 Å². The van der Waals surface area contributed by atoms with Crippen LogP contribution in [0.1, 0.15) is 24.2 Å². The summed E-state index contributed by atoms with van der Waals surface area (Å²) in [4.78, 5) is 24.5. The van der Waals surface area contributed by atoms with Crippen LogP contribution in [0.4, 0.5) is 0 Å². The number of halogens is 2. The van der Waals surface area contributed by atoms with Gasteiger partial charge in [-0.05, 0) is 87.3 Å². The largest absolute Gasteiger partial charge is 0.493 e. The van der Waals surface area contributed by atoms with Crippen LogP contribution in [-0.4, -0.2) is 30.1 Å². The van der Waals surface area contributed by atoms with E-state index in [2.05, 4.69) is 61.9 Å². The molecule has 3 rings (SSSR count). The molecule has 0 aliphatic heterocycles. The molecule has 7 nitrogen and oxygen atoms in total.